The first-order valence-corrected chi connectivity index (χ1v) is 14.7. The summed E-state index contributed by atoms with van der Waals surface area (Å²) in [5, 5.41) is 0.594. The Hall–Kier alpha value is -3.14. The van der Waals surface area contributed by atoms with Gasteiger partial charge in [-0.1, -0.05) is 30.4 Å². The van der Waals surface area contributed by atoms with Crippen LogP contribution in [0.3, 0.4) is 0 Å². The topological polar surface area (TPSA) is 83.5 Å². The van der Waals surface area contributed by atoms with Gasteiger partial charge in [0.2, 0.25) is 10.0 Å². The molecule has 0 atom stereocenters. The van der Waals surface area contributed by atoms with Crippen LogP contribution in [0.15, 0.2) is 65.8 Å². The molecule has 0 saturated carbocycles. The number of thiazole rings is 1. The molecule has 37 heavy (non-hydrogen) atoms. The van der Waals surface area contributed by atoms with Gasteiger partial charge in [0.25, 0.3) is 5.91 Å². The highest BCUT2D eigenvalue weighted by Gasteiger charge is 2.29. The normalized spacial score (nSPS) is 15.2. The maximum absolute atomic E-state index is 13.8. The van der Waals surface area contributed by atoms with Gasteiger partial charge in [0, 0.05) is 31.0 Å². The minimum absolute atomic E-state index is 0.212. The molecule has 0 bridgehead atoms. The van der Waals surface area contributed by atoms with Gasteiger partial charge in [-0.05, 0) is 85.7 Å². The lowest BCUT2D eigenvalue weighted by Crippen LogP contribution is -2.37. The number of benzene rings is 2. The van der Waals surface area contributed by atoms with E-state index in [4.69, 9.17) is 4.98 Å². The summed E-state index contributed by atoms with van der Waals surface area (Å²) in [5.74, 6) is 0.292. The van der Waals surface area contributed by atoms with E-state index in [9.17, 15) is 13.2 Å². The summed E-state index contributed by atoms with van der Waals surface area (Å²) >= 11 is 1.47. The molecule has 0 aliphatic carbocycles. The van der Waals surface area contributed by atoms with Gasteiger partial charge in [0.15, 0.2) is 5.13 Å². The van der Waals surface area contributed by atoms with Crippen LogP contribution in [0.5, 0.6) is 0 Å². The fraction of sp³-hybridized carbons (Fsp3) is 0.321. The number of aromatic nitrogens is 2. The van der Waals surface area contributed by atoms with Crippen LogP contribution in [0.2, 0.25) is 0 Å². The molecule has 7 nitrogen and oxygen atoms in total. The average Bonchev–Trinajstić information content (AvgIpc) is 3.35. The Labute approximate surface area is 221 Å². The zero-order chi connectivity index (χ0) is 26.2. The number of fused-ring (bicyclic) bond motifs is 1. The van der Waals surface area contributed by atoms with E-state index in [0.29, 0.717) is 36.2 Å². The summed E-state index contributed by atoms with van der Waals surface area (Å²) in [6.07, 6.45) is 5.15. The number of hydrogen-bond donors (Lipinski definition) is 0. The lowest BCUT2D eigenvalue weighted by atomic mass is 10.0. The predicted octanol–water partition coefficient (Wildman–Crippen LogP) is 5.58. The number of pyridine rings is 1. The van der Waals surface area contributed by atoms with Gasteiger partial charge in [-0.3, -0.25) is 14.7 Å². The Morgan fingerprint density at radius 1 is 1.08 bits per heavy atom. The van der Waals surface area contributed by atoms with Crippen LogP contribution in [0, 0.1) is 19.8 Å². The summed E-state index contributed by atoms with van der Waals surface area (Å²) in [4.78, 5) is 24.7. The van der Waals surface area contributed by atoms with E-state index >= 15 is 0 Å². The second-order valence-electron chi connectivity index (χ2n) is 9.71. The van der Waals surface area contributed by atoms with E-state index in [1.54, 1.807) is 33.7 Å². The van der Waals surface area contributed by atoms with Crippen LogP contribution in [0.1, 0.15) is 46.8 Å². The lowest BCUT2D eigenvalue weighted by Gasteiger charge is -2.29. The number of carbonyl (C=O) groups is 1. The second kappa shape index (κ2) is 10.3. The van der Waals surface area contributed by atoms with Crippen molar-refractivity contribution in [2.24, 2.45) is 5.92 Å². The molecule has 0 unspecified atom stereocenters. The molecular weight excluding hydrogens is 504 g/mol. The van der Waals surface area contributed by atoms with Gasteiger partial charge in [-0.25, -0.2) is 13.4 Å². The minimum atomic E-state index is -3.59. The lowest BCUT2D eigenvalue weighted by molar-refractivity contribution is 0.0985. The quantitative estimate of drug-likeness (QED) is 0.323. The number of nitrogens with zero attached hydrogens (tertiary/aromatic N) is 4. The van der Waals surface area contributed by atoms with E-state index in [2.05, 4.69) is 18.0 Å². The monoisotopic (exact) mass is 534 g/mol. The first-order valence-electron chi connectivity index (χ1n) is 12.4. The molecule has 1 fully saturated rings. The number of aryl methyl sites for hydroxylation is 2. The highest BCUT2D eigenvalue weighted by molar-refractivity contribution is 7.89. The maximum atomic E-state index is 13.8. The third-order valence-corrected chi connectivity index (χ3v) is 10.1. The maximum Gasteiger partial charge on any atom is 0.260 e. The number of anilines is 1. The van der Waals surface area contributed by atoms with E-state index in [0.717, 1.165) is 39.7 Å². The summed E-state index contributed by atoms with van der Waals surface area (Å²) in [6, 6.07) is 14.1. The number of hydrogen-bond acceptors (Lipinski definition) is 6. The molecule has 5 rings (SSSR count). The molecule has 1 saturated heterocycles. The van der Waals surface area contributed by atoms with Crippen molar-refractivity contribution in [2.45, 2.75) is 45.1 Å². The van der Waals surface area contributed by atoms with Crippen LogP contribution in [-0.2, 0) is 16.6 Å². The molecule has 1 aliphatic heterocycles. The Kier molecular flexibility index (Phi) is 7.11. The van der Waals surface area contributed by atoms with Gasteiger partial charge in [0.1, 0.15) is 0 Å². The van der Waals surface area contributed by atoms with Crippen molar-refractivity contribution in [3.63, 3.8) is 0 Å². The smallest absolute Gasteiger partial charge is 0.260 e. The third-order valence-electron chi connectivity index (χ3n) is 7.09. The van der Waals surface area contributed by atoms with Crippen molar-refractivity contribution >= 4 is 42.6 Å². The molecule has 0 radical (unpaired) electrons. The number of rotatable bonds is 6. The summed E-state index contributed by atoms with van der Waals surface area (Å²) in [6.45, 7) is 7.59. The minimum Gasteiger partial charge on any atom is -0.279 e. The average molecular weight is 535 g/mol. The Morgan fingerprint density at radius 3 is 2.49 bits per heavy atom. The molecule has 4 aromatic rings. The van der Waals surface area contributed by atoms with Crippen molar-refractivity contribution in [2.75, 3.05) is 18.0 Å². The first kappa shape index (κ1) is 25.5. The molecule has 1 aliphatic rings. The zero-order valence-electron chi connectivity index (χ0n) is 21.2. The van der Waals surface area contributed by atoms with Gasteiger partial charge in [-0.15, -0.1) is 0 Å². The SMILES string of the molecule is Cc1ccc2sc(N(Cc3cccnc3)C(=O)c3ccc(S(=O)(=O)N4CCC(C)CC4)cc3)nc2c1C. The molecular formula is C28H30N4O3S2. The molecule has 192 valence electrons. The van der Waals surface area contributed by atoms with Gasteiger partial charge < -0.3 is 0 Å². The zero-order valence-corrected chi connectivity index (χ0v) is 22.8. The standard InChI is InChI=1S/C28H30N4O3S2/c1-19-12-15-31(16-13-19)37(34,35)24-9-7-23(8-10-24)27(33)32(18-22-5-4-14-29-17-22)28-30-26-21(3)20(2)6-11-25(26)36-28/h4-11,14,17,19H,12-13,15-16,18H2,1-3H3. The van der Waals surface area contributed by atoms with Gasteiger partial charge in [0.05, 0.1) is 21.7 Å². The van der Waals surface area contributed by atoms with Crippen molar-refractivity contribution in [3.05, 3.63) is 83.2 Å². The van der Waals surface area contributed by atoms with Crippen molar-refractivity contribution in [1.82, 2.24) is 14.3 Å². The highest BCUT2D eigenvalue weighted by atomic mass is 32.2. The van der Waals surface area contributed by atoms with E-state index in [-0.39, 0.29) is 10.8 Å². The molecule has 0 N–H and O–H groups in total. The number of amides is 1. The van der Waals surface area contributed by atoms with Crippen LogP contribution >= 0.6 is 11.3 Å². The van der Waals surface area contributed by atoms with Crippen LogP contribution in [0.4, 0.5) is 5.13 Å². The molecule has 3 heterocycles. The Morgan fingerprint density at radius 2 is 1.81 bits per heavy atom. The Bertz CT molecular complexity index is 1530. The van der Waals surface area contributed by atoms with Crippen molar-refractivity contribution in [3.8, 4) is 0 Å². The third kappa shape index (κ3) is 5.16. The van der Waals surface area contributed by atoms with Gasteiger partial charge >= 0.3 is 0 Å². The predicted molar refractivity (Wildman–Crippen MR) is 147 cm³/mol. The fourth-order valence-corrected chi connectivity index (χ4v) is 7.02. The number of piperidine rings is 1. The number of carbonyl (C=O) groups excluding carboxylic acids is 1. The van der Waals surface area contributed by atoms with E-state index in [1.165, 1.54) is 23.5 Å². The summed E-state index contributed by atoms with van der Waals surface area (Å²) < 4.78 is 28.9. The van der Waals surface area contributed by atoms with Crippen LogP contribution in [-0.4, -0.2) is 41.7 Å². The van der Waals surface area contributed by atoms with E-state index < -0.39 is 10.0 Å². The number of sulfonamides is 1. The second-order valence-corrected chi connectivity index (χ2v) is 12.7. The van der Waals surface area contributed by atoms with Crippen LogP contribution in [0.25, 0.3) is 10.2 Å². The fourth-order valence-electron chi connectivity index (χ4n) is 4.53. The molecule has 0 spiro atoms. The first-order chi connectivity index (χ1) is 17.7. The molecule has 9 heteroatoms. The molecule has 2 aromatic carbocycles. The molecule has 1 amide bonds. The molecule has 2 aromatic heterocycles. The Balaban J connectivity index is 1.47. The summed E-state index contributed by atoms with van der Waals surface area (Å²) in [7, 11) is -3.59. The van der Waals surface area contributed by atoms with Crippen LogP contribution < -0.4 is 4.90 Å². The van der Waals surface area contributed by atoms with Gasteiger partial charge in [-0.2, -0.15) is 4.31 Å². The van der Waals surface area contributed by atoms with E-state index in [1.807, 2.05) is 32.0 Å². The summed E-state index contributed by atoms with van der Waals surface area (Å²) in [5.41, 5.74) is 4.41. The van der Waals surface area contributed by atoms with Crippen molar-refractivity contribution in [1.29, 1.82) is 0 Å². The highest BCUT2D eigenvalue weighted by Crippen LogP contribution is 2.33. The van der Waals surface area contributed by atoms with Crippen molar-refractivity contribution < 1.29 is 13.2 Å². The largest absolute Gasteiger partial charge is 0.279 e.